The van der Waals surface area contributed by atoms with E-state index < -0.39 is 10.0 Å². The fraction of sp³-hybridized carbons (Fsp3) is 0.769. The minimum atomic E-state index is -3.46. The predicted octanol–water partition coefficient (Wildman–Crippen LogP) is 0.800. The molecule has 1 atom stereocenters. The average molecular weight is 300 g/mol. The standard InChI is InChI=1S/C13H24N4O2S/c1-10-13(11(2)16(4)15-10)20(18,19)17-8-6-5-7-12(17)9-14-3/h12,14H,5-9H2,1-4H3. The number of rotatable bonds is 4. The average Bonchev–Trinajstić information content (AvgIpc) is 2.64. The Balaban J connectivity index is 2.42. The fourth-order valence-corrected chi connectivity index (χ4v) is 5.07. The van der Waals surface area contributed by atoms with Crippen LogP contribution in [0.15, 0.2) is 4.90 Å². The third kappa shape index (κ3) is 2.62. The first-order chi connectivity index (χ1) is 9.39. The molecule has 0 saturated carbocycles. The molecule has 0 spiro atoms. The quantitative estimate of drug-likeness (QED) is 0.893. The minimum Gasteiger partial charge on any atom is -0.318 e. The van der Waals surface area contributed by atoms with E-state index in [1.165, 1.54) is 0 Å². The molecule has 7 heteroatoms. The van der Waals surface area contributed by atoms with Crippen LogP contribution in [0.4, 0.5) is 0 Å². The number of nitrogens with zero attached hydrogens (tertiary/aromatic N) is 3. The van der Waals surface area contributed by atoms with E-state index in [0.29, 0.717) is 29.4 Å². The van der Waals surface area contributed by atoms with E-state index in [1.54, 1.807) is 23.0 Å². The Morgan fingerprint density at radius 1 is 1.35 bits per heavy atom. The number of likely N-dealkylation sites (N-methyl/N-ethyl adjacent to an activating group) is 1. The molecule has 1 N–H and O–H groups in total. The minimum absolute atomic E-state index is 0.0396. The van der Waals surface area contributed by atoms with Gasteiger partial charge in [0.15, 0.2) is 0 Å². The molecule has 6 nitrogen and oxygen atoms in total. The SMILES string of the molecule is CNCC1CCCCN1S(=O)(=O)c1c(C)nn(C)c1C. The van der Waals surface area contributed by atoms with Crippen LogP contribution in [0.3, 0.4) is 0 Å². The van der Waals surface area contributed by atoms with E-state index in [9.17, 15) is 8.42 Å². The summed E-state index contributed by atoms with van der Waals surface area (Å²) in [6.07, 6.45) is 2.93. The van der Waals surface area contributed by atoms with Crippen LogP contribution in [0.2, 0.25) is 0 Å². The number of aryl methyl sites for hydroxylation is 2. The number of sulfonamides is 1. The van der Waals surface area contributed by atoms with Crippen LogP contribution in [-0.4, -0.2) is 48.7 Å². The lowest BCUT2D eigenvalue weighted by molar-refractivity contribution is 0.249. The molecule has 20 heavy (non-hydrogen) atoms. The van der Waals surface area contributed by atoms with Gasteiger partial charge in [0.2, 0.25) is 10.0 Å². The van der Waals surface area contributed by atoms with Crippen molar-refractivity contribution in [1.29, 1.82) is 0 Å². The van der Waals surface area contributed by atoms with Gasteiger partial charge < -0.3 is 5.32 Å². The summed E-state index contributed by atoms with van der Waals surface area (Å²) in [5.74, 6) is 0. The van der Waals surface area contributed by atoms with E-state index in [4.69, 9.17) is 0 Å². The Labute approximate surface area is 121 Å². The van der Waals surface area contributed by atoms with Crippen molar-refractivity contribution in [3.8, 4) is 0 Å². The lowest BCUT2D eigenvalue weighted by atomic mass is 10.1. The summed E-state index contributed by atoms with van der Waals surface area (Å²) in [5, 5.41) is 7.34. The fourth-order valence-electron chi connectivity index (χ4n) is 2.97. The highest BCUT2D eigenvalue weighted by Crippen LogP contribution is 2.28. The zero-order chi connectivity index (χ0) is 14.9. The van der Waals surface area contributed by atoms with Crippen molar-refractivity contribution < 1.29 is 8.42 Å². The predicted molar refractivity (Wildman–Crippen MR) is 78.1 cm³/mol. The largest absolute Gasteiger partial charge is 0.318 e. The molecule has 1 fully saturated rings. The van der Waals surface area contributed by atoms with Crippen LogP contribution in [-0.2, 0) is 17.1 Å². The van der Waals surface area contributed by atoms with Crippen molar-refractivity contribution in [3.63, 3.8) is 0 Å². The lowest BCUT2D eigenvalue weighted by Crippen LogP contribution is -2.48. The molecular formula is C13H24N4O2S. The molecule has 2 heterocycles. The van der Waals surface area contributed by atoms with E-state index in [1.807, 2.05) is 14.0 Å². The summed E-state index contributed by atoms with van der Waals surface area (Å²) in [6, 6.07) is 0.0396. The van der Waals surface area contributed by atoms with Gasteiger partial charge in [-0.15, -0.1) is 0 Å². The highest BCUT2D eigenvalue weighted by Gasteiger charge is 2.36. The van der Waals surface area contributed by atoms with Crippen LogP contribution < -0.4 is 5.32 Å². The summed E-state index contributed by atoms with van der Waals surface area (Å²) in [6.45, 7) is 4.86. The van der Waals surface area contributed by atoms with Crippen molar-refractivity contribution in [1.82, 2.24) is 19.4 Å². The first kappa shape index (κ1) is 15.5. The Hall–Kier alpha value is -0.920. The summed E-state index contributed by atoms with van der Waals surface area (Å²) < 4.78 is 29.2. The van der Waals surface area contributed by atoms with Gasteiger partial charge in [-0.3, -0.25) is 4.68 Å². The Morgan fingerprint density at radius 3 is 2.60 bits per heavy atom. The molecule has 0 aromatic carbocycles. The van der Waals surface area contributed by atoms with Gasteiger partial charge in [0.05, 0.1) is 11.4 Å². The number of hydrogen-bond acceptors (Lipinski definition) is 4. The van der Waals surface area contributed by atoms with Gasteiger partial charge in [-0.1, -0.05) is 6.42 Å². The molecule has 0 radical (unpaired) electrons. The molecule has 2 rings (SSSR count). The lowest BCUT2D eigenvalue weighted by Gasteiger charge is -2.34. The second-order valence-electron chi connectivity index (χ2n) is 5.45. The Kier molecular flexibility index (Phi) is 4.51. The summed E-state index contributed by atoms with van der Waals surface area (Å²) in [4.78, 5) is 0.378. The highest BCUT2D eigenvalue weighted by molar-refractivity contribution is 7.89. The monoisotopic (exact) mass is 300 g/mol. The number of hydrogen-bond donors (Lipinski definition) is 1. The van der Waals surface area contributed by atoms with Crippen LogP contribution in [0.5, 0.6) is 0 Å². The maximum Gasteiger partial charge on any atom is 0.247 e. The number of nitrogens with one attached hydrogen (secondary N) is 1. The van der Waals surface area contributed by atoms with Gasteiger partial charge in [-0.2, -0.15) is 9.40 Å². The van der Waals surface area contributed by atoms with Crippen molar-refractivity contribution in [3.05, 3.63) is 11.4 Å². The van der Waals surface area contributed by atoms with Crippen molar-refractivity contribution in [2.45, 2.75) is 44.0 Å². The zero-order valence-corrected chi connectivity index (χ0v) is 13.5. The zero-order valence-electron chi connectivity index (χ0n) is 12.7. The molecule has 1 unspecified atom stereocenters. The first-order valence-corrected chi connectivity index (χ1v) is 8.50. The molecule has 0 bridgehead atoms. The second-order valence-corrected chi connectivity index (χ2v) is 7.27. The maximum atomic E-state index is 13.0. The smallest absolute Gasteiger partial charge is 0.247 e. The van der Waals surface area contributed by atoms with Crippen molar-refractivity contribution >= 4 is 10.0 Å². The summed E-state index contributed by atoms with van der Waals surface area (Å²) >= 11 is 0. The second kappa shape index (κ2) is 5.83. The molecule has 114 valence electrons. The highest BCUT2D eigenvalue weighted by atomic mass is 32.2. The molecule has 1 saturated heterocycles. The molecule has 1 aliphatic rings. The maximum absolute atomic E-state index is 13.0. The van der Waals surface area contributed by atoms with Crippen molar-refractivity contribution in [2.24, 2.45) is 7.05 Å². The molecule has 0 aliphatic carbocycles. The Bertz CT molecular complexity index is 577. The van der Waals surface area contributed by atoms with Gasteiger partial charge >= 0.3 is 0 Å². The van der Waals surface area contributed by atoms with E-state index in [-0.39, 0.29) is 6.04 Å². The summed E-state index contributed by atoms with van der Waals surface area (Å²) in [7, 11) is 0.178. The Morgan fingerprint density at radius 2 is 2.05 bits per heavy atom. The van der Waals surface area contributed by atoms with Gasteiger partial charge in [0.1, 0.15) is 4.90 Å². The third-order valence-electron chi connectivity index (χ3n) is 4.02. The molecule has 1 aromatic heterocycles. The van der Waals surface area contributed by atoms with E-state index in [0.717, 1.165) is 19.3 Å². The van der Waals surface area contributed by atoms with Crippen LogP contribution >= 0.6 is 0 Å². The summed E-state index contributed by atoms with van der Waals surface area (Å²) in [5.41, 5.74) is 1.29. The number of piperidine rings is 1. The molecular weight excluding hydrogens is 276 g/mol. The van der Waals surface area contributed by atoms with Gasteiger partial charge in [-0.25, -0.2) is 8.42 Å². The van der Waals surface area contributed by atoms with Gasteiger partial charge in [0, 0.05) is 26.2 Å². The number of aromatic nitrogens is 2. The topological polar surface area (TPSA) is 67.2 Å². The molecule has 0 amide bonds. The van der Waals surface area contributed by atoms with Crippen LogP contribution in [0, 0.1) is 13.8 Å². The van der Waals surface area contributed by atoms with Crippen molar-refractivity contribution in [2.75, 3.05) is 20.1 Å². The van der Waals surface area contributed by atoms with Gasteiger partial charge in [-0.05, 0) is 33.7 Å². The van der Waals surface area contributed by atoms with Gasteiger partial charge in [0.25, 0.3) is 0 Å². The van der Waals surface area contributed by atoms with Crippen LogP contribution in [0.1, 0.15) is 30.7 Å². The van der Waals surface area contributed by atoms with E-state index in [2.05, 4.69) is 10.4 Å². The van der Waals surface area contributed by atoms with Crippen LogP contribution in [0.25, 0.3) is 0 Å². The third-order valence-corrected chi connectivity index (χ3v) is 6.23. The first-order valence-electron chi connectivity index (χ1n) is 7.06. The van der Waals surface area contributed by atoms with E-state index >= 15 is 0 Å². The molecule has 1 aromatic rings. The normalized spacial score (nSPS) is 21.3. The molecule has 1 aliphatic heterocycles.